The highest BCUT2D eigenvalue weighted by molar-refractivity contribution is 5.75. The number of benzene rings is 2. The average Bonchev–Trinajstić information content (AvgIpc) is 2.76. The van der Waals surface area contributed by atoms with Gasteiger partial charge in [0.2, 0.25) is 5.91 Å². The van der Waals surface area contributed by atoms with Crippen LogP contribution in [0.25, 0.3) is 11.3 Å². The second-order valence-electron chi connectivity index (χ2n) is 7.20. The number of amides is 1. The predicted molar refractivity (Wildman–Crippen MR) is 121 cm³/mol. The molecule has 0 aliphatic heterocycles. The third kappa shape index (κ3) is 5.80. The number of rotatable bonds is 9. The summed E-state index contributed by atoms with van der Waals surface area (Å²) in [7, 11) is 0. The number of para-hydroxylation sites is 1. The van der Waals surface area contributed by atoms with E-state index in [4.69, 9.17) is 0 Å². The number of hydrogen-bond acceptors (Lipinski definition) is 4. The molecule has 2 aromatic carbocycles. The topological polar surface area (TPSA) is 67.2 Å². The second kappa shape index (κ2) is 10.4. The monoisotopic (exact) mass is 404 g/mol. The van der Waals surface area contributed by atoms with Gasteiger partial charge in [-0.05, 0) is 38.5 Å². The second-order valence-corrected chi connectivity index (χ2v) is 7.20. The van der Waals surface area contributed by atoms with Gasteiger partial charge in [-0.1, -0.05) is 48.0 Å². The van der Waals surface area contributed by atoms with Crippen LogP contribution in [0.2, 0.25) is 0 Å². The number of anilines is 1. The minimum atomic E-state index is -0.290. The smallest absolute Gasteiger partial charge is 0.267 e. The highest BCUT2D eigenvalue weighted by Gasteiger charge is 2.09. The van der Waals surface area contributed by atoms with Gasteiger partial charge >= 0.3 is 0 Å². The summed E-state index contributed by atoms with van der Waals surface area (Å²) in [6, 6.07) is 21.3. The standard InChI is InChI=1S/C24H28N4O2/c1-3-27(21-8-5-4-6-9-21)17-7-16-25-23(29)18-28-24(30)15-14-22(26-28)20-12-10-19(2)11-13-20/h4-6,8-15H,3,7,16-18H2,1-2H3,(H,25,29). The first-order valence-corrected chi connectivity index (χ1v) is 10.3. The molecule has 0 bridgehead atoms. The lowest BCUT2D eigenvalue weighted by Crippen LogP contribution is -2.35. The fourth-order valence-electron chi connectivity index (χ4n) is 3.24. The minimum Gasteiger partial charge on any atom is -0.372 e. The van der Waals surface area contributed by atoms with Crippen LogP contribution in [-0.2, 0) is 11.3 Å². The molecule has 156 valence electrons. The SMILES string of the molecule is CCN(CCCNC(=O)Cn1nc(-c2ccc(C)cc2)ccc1=O)c1ccccc1. The van der Waals surface area contributed by atoms with Crippen LogP contribution < -0.4 is 15.8 Å². The van der Waals surface area contributed by atoms with Gasteiger partial charge in [-0.25, -0.2) is 4.68 Å². The van der Waals surface area contributed by atoms with E-state index < -0.39 is 0 Å². The lowest BCUT2D eigenvalue weighted by atomic mass is 10.1. The summed E-state index contributed by atoms with van der Waals surface area (Å²) in [6.07, 6.45) is 0.820. The molecular weight excluding hydrogens is 376 g/mol. The zero-order valence-corrected chi connectivity index (χ0v) is 17.5. The molecule has 0 saturated heterocycles. The fraction of sp³-hybridized carbons (Fsp3) is 0.292. The third-order valence-electron chi connectivity index (χ3n) is 4.94. The molecule has 3 rings (SSSR count). The first-order chi connectivity index (χ1) is 14.6. The van der Waals surface area contributed by atoms with Gasteiger partial charge < -0.3 is 10.2 Å². The van der Waals surface area contributed by atoms with Crippen molar-refractivity contribution in [3.05, 3.63) is 82.6 Å². The normalized spacial score (nSPS) is 10.6. The number of carbonyl (C=O) groups is 1. The Morgan fingerprint density at radius 3 is 2.47 bits per heavy atom. The van der Waals surface area contributed by atoms with Crippen molar-refractivity contribution in [3.8, 4) is 11.3 Å². The molecule has 3 aromatic rings. The number of carbonyl (C=O) groups excluding carboxylic acids is 1. The highest BCUT2D eigenvalue weighted by Crippen LogP contribution is 2.16. The van der Waals surface area contributed by atoms with Crippen LogP contribution in [0.3, 0.4) is 0 Å². The predicted octanol–water partition coefficient (Wildman–Crippen LogP) is 3.25. The molecular formula is C24H28N4O2. The molecule has 1 heterocycles. The maximum Gasteiger partial charge on any atom is 0.267 e. The fourth-order valence-corrected chi connectivity index (χ4v) is 3.24. The van der Waals surface area contributed by atoms with E-state index in [1.165, 1.54) is 16.4 Å². The molecule has 0 aliphatic rings. The van der Waals surface area contributed by atoms with Gasteiger partial charge in [0.1, 0.15) is 6.54 Å². The molecule has 6 nitrogen and oxygen atoms in total. The van der Waals surface area contributed by atoms with Crippen molar-refractivity contribution >= 4 is 11.6 Å². The van der Waals surface area contributed by atoms with E-state index in [-0.39, 0.29) is 18.0 Å². The largest absolute Gasteiger partial charge is 0.372 e. The Bertz CT molecular complexity index is 1010. The number of aryl methyl sites for hydroxylation is 1. The molecule has 0 radical (unpaired) electrons. The molecule has 30 heavy (non-hydrogen) atoms. The summed E-state index contributed by atoms with van der Waals surface area (Å²) in [6.45, 7) is 6.35. The zero-order chi connectivity index (χ0) is 21.3. The zero-order valence-electron chi connectivity index (χ0n) is 17.5. The minimum absolute atomic E-state index is 0.0886. The van der Waals surface area contributed by atoms with Crippen LogP contribution in [0.1, 0.15) is 18.9 Å². The Balaban J connectivity index is 1.53. The summed E-state index contributed by atoms with van der Waals surface area (Å²) in [5.74, 6) is -0.214. The quantitative estimate of drug-likeness (QED) is 0.556. The van der Waals surface area contributed by atoms with Crippen LogP contribution in [0.4, 0.5) is 5.69 Å². The Labute approximate surface area is 177 Å². The maximum atomic E-state index is 12.3. The molecule has 1 aromatic heterocycles. The van der Waals surface area contributed by atoms with Crippen molar-refractivity contribution in [2.24, 2.45) is 0 Å². The molecule has 0 atom stereocenters. The van der Waals surface area contributed by atoms with E-state index in [0.717, 1.165) is 30.6 Å². The average molecular weight is 405 g/mol. The van der Waals surface area contributed by atoms with Crippen molar-refractivity contribution in [2.75, 3.05) is 24.5 Å². The van der Waals surface area contributed by atoms with Crippen molar-refractivity contribution < 1.29 is 4.79 Å². The van der Waals surface area contributed by atoms with E-state index in [1.54, 1.807) is 6.07 Å². The van der Waals surface area contributed by atoms with Gasteiger partial charge in [0.15, 0.2) is 0 Å². The van der Waals surface area contributed by atoms with Crippen molar-refractivity contribution in [2.45, 2.75) is 26.8 Å². The molecule has 0 unspecified atom stereocenters. The lowest BCUT2D eigenvalue weighted by molar-refractivity contribution is -0.121. The molecule has 0 spiro atoms. The van der Waals surface area contributed by atoms with Gasteiger partial charge in [0, 0.05) is 37.0 Å². The van der Waals surface area contributed by atoms with Crippen molar-refractivity contribution in [1.29, 1.82) is 0 Å². The van der Waals surface area contributed by atoms with Crippen LogP contribution in [-0.4, -0.2) is 35.3 Å². The number of nitrogens with zero attached hydrogens (tertiary/aromatic N) is 3. The lowest BCUT2D eigenvalue weighted by Gasteiger charge is -2.23. The van der Waals surface area contributed by atoms with Gasteiger partial charge in [0.25, 0.3) is 5.56 Å². The van der Waals surface area contributed by atoms with Crippen molar-refractivity contribution in [1.82, 2.24) is 15.1 Å². The number of aromatic nitrogens is 2. The summed E-state index contributed by atoms with van der Waals surface area (Å²) in [5.41, 5.74) is 3.62. The van der Waals surface area contributed by atoms with Gasteiger partial charge in [-0.2, -0.15) is 5.10 Å². The molecule has 1 N–H and O–H groups in total. The van der Waals surface area contributed by atoms with Gasteiger partial charge in [-0.15, -0.1) is 0 Å². The molecule has 0 saturated carbocycles. The van der Waals surface area contributed by atoms with Crippen LogP contribution in [0.15, 0.2) is 71.5 Å². The molecule has 0 aliphatic carbocycles. The van der Waals surface area contributed by atoms with E-state index in [1.807, 2.05) is 49.4 Å². The Morgan fingerprint density at radius 1 is 1.03 bits per heavy atom. The van der Waals surface area contributed by atoms with Gasteiger partial charge in [-0.3, -0.25) is 9.59 Å². The Hall–Kier alpha value is -3.41. The summed E-state index contributed by atoms with van der Waals surface area (Å²) in [5, 5.41) is 7.25. The first kappa shape index (κ1) is 21.3. The summed E-state index contributed by atoms with van der Waals surface area (Å²) in [4.78, 5) is 26.7. The van der Waals surface area contributed by atoms with Crippen LogP contribution >= 0.6 is 0 Å². The number of hydrogen-bond donors (Lipinski definition) is 1. The Kier molecular flexibility index (Phi) is 7.38. The van der Waals surface area contributed by atoms with E-state index in [9.17, 15) is 9.59 Å². The first-order valence-electron chi connectivity index (χ1n) is 10.3. The summed E-state index contributed by atoms with van der Waals surface area (Å²) >= 11 is 0. The Morgan fingerprint density at radius 2 is 1.77 bits per heavy atom. The summed E-state index contributed by atoms with van der Waals surface area (Å²) < 4.78 is 1.22. The molecule has 0 fully saturated rings. The third-order valence-corrected chi connectivity index (χ3v) is 4.94. The van der Waals surface area contributed by atoms with Crippen LogP contribution in [0, 0.1) is 6.92 Å². The van der Waals surface area contributed by atoms with Gasteiger partial charge in [0.05, 0.1) is 5.69 Å². The highest BCUT2D eigenvalue weighted by atomic mass is 16.2. The van der Waals surface area contributed by atoms with Crippen LogP contribution in [0.5, 0.6) is 0 Å². The molecule has 1 amide bonds. The van der Waals surface area contributed by atoms with E-state index in [0.29, 0.717) is 12.2 Å². The van der Waals surface area contributed by atoms with Crippen molar-refractivity contribution in [3.63, 3.8) is 0 Å². The maximum absolute atomic E-state index is 12.3. The number of nitrogens with one attached hydrogen (secondary N) is 1. The van der Waals surface area contributed by atoms with E-state index >= 15 is 0 Å². The van der Waals surface area contributed by atoms with E-state index in [2.05, 4.69) is 34.4 Å². The molecule has 6 heteroatoms.